The third kappa shape index (κ3) is 3.36. The van der Waals surface area contributed by atoms with Gasteiger partial charge in [-0.2, -0.15) is 0 Å². The number of alkyl halides is 2. The average Bonchev–Trinajstić information content (AvgIpc) is 2.36. The lowest BCUT2D eigenvalue weighted by Crippen LogP contribution is -2.42. The number of hydrogen-bond donors (Lipinski definition) is 1. The van der Waals surface area contributed by atoms with E-state index in [-0.39, 0.29) is 11.3 Å². The van der Waals surface area contributed by atoms with Crippen molar-refractivity contribution in [3.63, 3.8) is 0 Å². The van der Waals surface area contributed by atoms with Crippen LogP contribution in [0.5, 0.6) is 0 Å². The number of esters is 2. The zero-order valence-corrected chi connectivity index (χ0v) is 11.4. The summed E-state index contributed by atoms with van der Waals surface area (Å²) < 4.78 is 35.4. The van der Waals surface area contributed by atoms with Gasteiger partial charge in [0.25, 0.3) is 12.2 Å². The van der Waals surface area contributed by atoms with E-state index in [1.165, 1.54) is 32.0 Å². The SMILES string of the molecule is CC1(C)OC(=O)C(=CNc2ccccc2C(F)F)C(=O)O1. The molecule has 0 amide bonds. The van der Waals surface area contributed by atoms with Gasteiger partial charge in [-0.05, 0) is 6.07 Å². The Labute approximate surface area is 119 Å². The van der Waals surface area contributed by atoms with E-state index >= 15 is 0 Å². The van der Waals surface area contributed by atoms with Gasteiger partial charge in [0.2, 0.25) is 0 Å². The van der Waals surface area contributed by atoms with Crippen LogP contribution in [-0.4, -0.2) is 17.7 Å². The second kappa shape index (κ2) is 5.51. The van der Waals surface area contributed by atoms with E-state index in [1.807, 2.05) is 0 Å². The molecule has 1 saturated heterocycles. The van der Waals surface area contributed by atoms with E-state index in [0.29, 0.717) is 0 Å². The highest BCUT2D eigenvalue weighted by molar-refractivity contribution is 6.15. The molecule has 1 fully saturated rings. The molecule has 0 atom stereocenters. The van der Waals surface area contributed by atoms with Crippen LogP contribution in [-0.2, 0) is 19.1 Å². The van der Waals surface area contributed by atoms with Crippen LogP contribution in [0.25, 0.3) is 0 Å². The highest BCUT2D eigenvalue weighted by atomic mass is 19.3. The predicted octanol–water partition coefficient (Wildman–Crippen LogP) is 2.76. The van der Waals surface area contributed by atoms with Crippen LogP contribution >= 0.6 is 0 Å². The van der Waals surface area contributed by atoms with Gasteiger partial charge in [0.1, 0.15) is 0 Å². The van der Waals surface area contributed by atoms with Gasteiger partial charge in [0.05, 0.1) is 0 Å². The maximum atomic E-state index is 12.8. The molecule has 1 aliphatic heterocycles. The number of hydrogen-bond acceptors (Lipinski definition) is 5. The summed E-state index contributed by atoms with van der Waals surface area (Å²) in [6.07, 6.45) is -1.68. The summed E-state index contributed by atoms with van der Waals surface area (Å²) in [6, 6.07) is 5.66. The minimum atomic E-state index is -2.68. The quantitative estimate of drug-likeness (QED) is 0.528. The third-order valence-corrected chi connectivity index (χ3v) is 2.68. The Balaban J connectivity index is 2.22. The molecule has 1 N–H and O–H groups in total. The van der Waals surface area contributed by atoms with Crippen LogP contribution in [0.2, 0.25) is 0 Å². The summed E-state index contributed by atoms with van der Waals surface area (Å²) in [5.74, 6) is -3.09. The zero-order chi connectivity index (χ0) is 15.6. The van der Waals surface area contributed by atoms with Crippen molar-refractivity contribution in [3.05, 3.63) is 41.6 Å². The number of anilines is 1. The van der Waals surface area contributed by atoms with Crippen LogP contribution in [0.4, 0.5) is 14.5 Å². The molecule has 0 aromatic heterocycles. The second-order valence-corrected chi connectivity index (χ2v) is 4.77. The van der Waals surface area contributed by atoms with Crippen molar-refractivity contribution in [2.45, 2.75) is 26.1 Å². The number of carbonyl (C=O) groups excluding carboxylic acids is 2. The lowest BCUT2D eigenvalue weighted by Gasteiger charge is -2.29. The molecule has 0 bridgehead atoms. The predicted molar refractivity (Wildman–Crippen MR) is 69.4 cm³/mol. The maximum absolute atomic E-state index is 12.8. The number of halogens is 2. The Hall–Kier alpha value is -2.44. The summed E-state index contributed by atoms with van der Waals surface area (Å²) in [6.45, 7) is 2.83. The Kier molecular flexibility index (Phi) is 3.93. The molecule has 0 aliphatic carbocycles. The van der Waals surface area contributed by atoms with E-state index in [1.54, 1.807) is 6.07 Å². The Morgan fingerprint density at radius 1 is 1.14 bits per heavy atom. The smallest absolute Gasteiger partial charge is 0.350 e. The van der Waals surface area contributed by atoms with Gasteiger partial charge in [0.15, 0.2) is 5.57 Å². The molecule has 1 heterocycles. The first-order valence-corrected chi connectivity index (χ1v) is 6.10. The molecule has 0 radical (unpaired) electrons. The first-order valence-electron chi connectivity index (χ1n) is 6.10. The normalized spacial score (nSPS) is 17.3. The van der Waals surface area contributed by atoms with E-state index in [4.69, 9.17) is 9.47 Å². The van der Waals surface area contributed by atoms with Crippen molar-refractivity contribution in [1.29, 1.82) is 0 Å². The second-order valence-electron chi connectivity index (χ2n) is 4.77. The summed E-state index contributed by atoms with van der Waals surface area (Å²) >= 11 is 0. The Bertz CT molecular complexity index is 589. The molecule has 0 spiro atoms. The number of cyclic esters (lactones) is 2. The Morgan fingerprint density at radius 2 is 1.71 bits per heavy atom. The first kappa shape index (κ1) is 15.0. The largest absolute Gasteiger partial charge is 0.419 e. The number of benzene rings is 1. The van der Waals surface area contributed by atoms with E-state index < -0.39 is 29.7 Å². The monoisotopic (exact) mass is 297 g/mol. The van der Waals surface area contributed by atoms with Crippen molar-refractivity contribution in [1.82, 2.24) is 0 Å². The van der Waals surface area contributed by atoms with Gasteiger partial charge in [-0.1, -0.05) is 18.2 Å². The molecular weight excluding hydrogens is 284 g/mol. The van der Waals surface area contributed by atoms with Gasteiger partial charge in [-0.3, -0.25) is 0 Å². The number of rotatable bonds is 3. The summed E-state index contributed by atoms with van der Waals surface area (Å²) in [4.78, 5) is 23.4. The van der Waals surface area contributed by atoms with E-state index in [2.05, 4.69) is 5.32 Å². The minimum Gasteiger partial charge on any atom is -0.419 e. The maximum Gasteiger partial charge on any atom is 0.350 e. The standard InChI is InChI=1S/C14H13F2NO4/c1-14(2)20-12(18)9(13(19)21-14)7-17-10-6-4-3-5-8(10)11(15)16/h3-7,11,17H,1-2H3. The lowest BCUT2D eigenvalue weighted by molar-refractivity contribution is -0.222. The Morgan fingerprint density at radius 3 is 2.29 bits per heavy atom. The summed E-state index contributed by atoms with van der Waals surface area (Å²) in [5.41, 5.74) is -0.545. The molecular formula is C14H13F2NO4. The number of carbonyl (C=O) groups is 2. The summed E-state index contributed by atoms with van der Waals surface area (Å²) in [5, 5.41) is 2.51. The van der Waals surface area contributed by atoms with Crippen LogP contribution in [0.3, 0.4) is 0 Å². The van der Waals surface area contributed by atoms with Crippen LogP contribution in [0.15, 0.2) is 36.0 Å². The molecule has 21 heavy (non-hydrogen) atoms. The highest BCUT2D eigenvalue weighted by Gasteiger charge is 2.38. The summed E-state index contributed by atoms with van der Waals surface area (Å²) in [7, 11) is 0. The van der Waals surface area contributed by atoms with Crippen molar-refractivity contribution >= 4 is 17.6 Å². The molecule has 5 nitrogen and oxygen atoms in total. The zero-order valence-electron chi connectivity index (χ0n) is 11.4. The van der Waals surface area contributed by atoms with Crippen molar-refractivity contribution in [3.8, 4) is 0 Å². The average molecular weight is 297 g/mol. The first-order chi connectivity index (χ1) is 9.80. The topological polar surface area (TPSA) is 64.6 Å². The lowest BCUT2D eigenvalue weighted by atomic mass is 10.2. The fourth-order valence-electron chi connectivity index (χ4n) is 1.75. The van der Waals surface area contributed by atoms with Crippen molar-refractivity contribution in [2.75, 3.05) is 5.32 Å². The molecule has 0 saturated carbocycles. The molecule has 1 aliphatic rings. The van der Waals surface area contributed by atoms with Gasteiger partial charge in [0, 0.05) is 31.3 Å². The molecule has 1 aromatic carbocycles. The number of para-hydroxylation sites is 1. The third-order valence-electron chi connectivity index (χ3n) is 2.68. The fraction of sp³-hybridized carbons (Fsp3) is 0.286. The van der Waals surface area contributed by atoms with Gasteiger partial charge in [-0.25, -0.2) is 18.4 Å². The number of ether oxygens (including phenoxy) is 2. The van der Waals surface area contributed by atoms with Crippen LogP contribution in [0.1, 0.15) is 25.8 Å². The van der Waals surface area contributed by atoms with Crippen molar-refractivity contribution in [2.24, 2.45) is 0 Å². The minimum absolute atomic E-state index is 0.0884. The number of nitrogens with one attached hydrogen (secondary N) is 1. The van der Waals surface area contributed by atoms with E-state index in [0.717, 1.165) is 6.20 Å². The van der Waals surface area contributed by atoms with Crippen LogP contribution < -0.4 is 5.32 Å². The fourth-order valence-corrected chi connectivity index (χ4v) is 1.75. The van der Waals surface area contributed by atoms with Gasteiger partial charge >= 0.3 is 11.9 Å². The van der Waals surface area contributed by atoms with Gasteiger partial charge < -0.3 is 14.8 Å². The van der Waals surface area contributed by atoms with Crippen molar-refractivity contribution < 1.29 is 27.8 Å². The molecule has 7 heteroatoms. The molecule has 2 rings (SSSR count). The molecule has 112 valence electrons. The molecule has 1 aromatic rings. The van der Waals surface area contributed by atoms with Gasteiger partial charge in [-0.15, -0.1) is 0 Å². The highest BCUT2D eigenvalue weighted by Crippen LogP contribution is 2.27. The van der Waals surface area contributed by atoms with E-state index in [9.17, 15) is 18.4 Å². The molecule has 0 unspecified atom stereocenters. The van der Waals surface area contributed by atoms with Crippen LogP contribution in [0, 0.1) is 0 Å².